The molecule has 0 saturated carbocycles. The lowest BCUT2D eigenvalue weighted by molar-refractivity contribution is -0.115. The van der Waals surface area contributed by atoms with Crippen molar-refractivity contribution in [3.05, 3.63) is 50.9 Å². The van der Waals surface area contributed by atoms with Crippen LogP contribution < -0.4 is 16.0 Å². The maximum atomic E-state index is 12.7. The number of rotatable bonds is 5. The average molecular weight is 386 g/mol. The Morgan fingerprint density at radius 2 is 1.91 bits per heavy atom. The van der Waals surface area contributed by atoms with Crippen molar-refractivity contribution in [3.8, 4) is 0 Å². The maximum absolute atomic E-state index is 12.7. The van der Waals surface area contributed by atoms with Crippen molar-refractivity contribution < 1.29 is 14.0 Å². The normalized spacial score (nSPS) is 10.1. The van der Waals surface area contributed by atoms with E-state index in [2.05, 4.69) is 31.9 Å². The summed E-state index contributed by atoms with van der Waals surface area (Å²) in [7, 11) is 0. The molecule has 0 unspecified atom stereocenters. The number of nitrogens with one attached hydrogen (secondary N) is 3. The second-order valence-corrected chi connectivity index (χ2v) is 6.23. The molecule has 3 N–H and O–H groups in total. The Hall–Kier alpha value is -1.93. The lowest BCUT2D eigenvalue weighted by Gasteiger charge is -2.08. The quantitative estimate of drug-likeness (QED) is 0.739. The summed E-state index contributed by atoms with van der Waals surface area (Å²) in [6.45, 7) is 0.221. The Balaban J connectivity index is 1.69. The van der Waals surface area contributed by atoms with Crippen LogP contribution in [0, 0.1) is 5.82 Å². The molecule has 0 saturated heterocycles. The van der Waals surface area contributed by atoms with E-state index in [0.717, 1.165) is 9.35 Å². The summed E-state index contributed by atoms with van der Waals surface area (Å²) in [4.78, 5) is 24.2. The molecule has 1 aromatic heterocycles. The van der Waals surface area contributed by atoms with Crippen molar-refractivity contribution in [2.45, 2.75) is 6.54 Å². The number of amides is 3. The van der Waals surface area contributed by atoms with Crippen LogP contribution in [0.15, 0.2) is 40.2 Å². The van der Waals surface area contributed by atoms with Crippen LogP contribution in [-0.2, 0) is 11.3 Å². The van der Waals surface area contributed by atoms with Crippen molar-refractivity contribution in [3.63, 3.8) is 0 Å². The minimum absolute atomic E-state index is 0.169. The Morgan fingerprint density at radius 3 is 2.55 bits per heavy atom. The van der Waals surface area contributed by atoms with Gasteiger partial charge in [-0.25, -0.2) is 9.18 Å². The fourth-order valence-electron chi connectivity index (χ4n) is 1.58. The zero-order valence-electron chi connectivity index (χ0n) is 11.4. The summed E-state index contributed by atoms with van der Waals surface area (Å²) < 4.78 is 13.7. The van der Waals surface area contributed by atoms with Gasteiger partial charge in [0.15, 0.2) is 0 Å². The molecule has 0 spiro atoms. The van der Waals surface area contributed by atoms with Crippen molar-refractivity contribution in [1.29, 1.82) is 0 Å². The molecule has 3 amide bonds. The van der Waals surface area contributed by atoms with E-state index in [0.29, 0.717) is 12.2 Å². The van der Waals surface area contributed by atoms with Gasteiger partial charge in [0.1, 0.15) is 5.82 Å². The predicted molar refractivity (Wildman–Crippen MR) is 87.3 cm³/mol. The predicted octanol–water partition coefficient (Wildman–Crippen LogP) is 3.09. The molecular formula is C14H13BrFN3O2S. The van der Waals surface area contributed by atoms with Crippen LogP contribution in [0.25, 0.3) is 0 Å². The Kier molecular flexibility index (Phi) is 5.91. The number of halogens is 2. The van der Waals surface area contributed by atoms with Gasteiger partial charge in [-0.1, -0.05) is 0 Å². The number of anilines is 1. The molecule has 0 radical (unpaired) electrons. The molecule has 2 rings (SSSR count). The van der Waals surface area contributed by atoms with Gasteiger partial charge in [0.25, 0.3) is 0 Å². The smallest absolute Gasteiger partial charge is 0.315 e. The number of thiophene rings is 1. The number of hydrogen-bond donors (Lipinski definition) is 3. The van der Waals surface area contributed by atoms with Gasteiger partial charge in [-0.2, -0.15) is 0 Å². The third-order valence-corrected chi connectivity index (χ3v) is 4.28. The van der Waals surface area contributed by atoms with Gasteiger partial charge in [0.05, 0.1) is 13.1 Å². The molecule has 0 aliphatic rings. The third-order valence-electron chi connectivity index (χ3n) is 2.58. The molecule has 1 heterocycles. The highest BCUT2D eigenvalue weighted by Gasteiger charge is 2.06. The number of urea groups is 1. The van der Waals surface area contributed by atoms with E-state index in [1.165, 1.54) is 35.6 Å². The number of carbonyl (C=O) groups is 2. The van der Waals surface area contributed by atoms with Crippen LogP contribution in [0.4, 0.5) is 14.9 Å². The molecule has 22 heavy (non-hydrogen) atoms. The van der Waals surface area contributed by atoms with Crippen molar-refractivity contribution >= 4 is 44.9 Å². The first-order valence-corrected chi connectivity index (χ1v) is 8.00. The zero-order chi connectivity index (χ0) is 15.9. The molecule has 0 aliphatic carbocycles. The van der Waals surface area contributed by atoms with Gasteiger partial charge in [-0.05, 0) is 46.3 Å². The fraction of sp³-hybridized carbons (Fsp3) is 0.143. The maximum Gasteiger partial charge on any atom is 0.315 e. The lowest BCUT2D eigenvalue weighted by Crippen LogP contribution is -2.39. The van der Waals surface area contributed by atoms with Gasteiger partial charge in [-0.3, -0.25) is 4.79 Å². The summed E-state index contributed by atoms with van der Waals surface area (Å²) in [5.74, 6) is -0.767. The molecule has 2 aromatic rings. The largest absolute Gasteiger partial charge is 0.333 e. The fourth-order valence-corrected chi connectivity index (χ4v) is 2.97. The number of hydrogen-bond acceptors (Lipinski definition) is 3. The molecule has 0 aliphatic heterocycles. The van der Waals surface area contributed by atoms with E-state index in [4.69, 9.17) is 0 Å². The molecule has 5 nitrogen and oxygen atoms in total. The van der Waals surface area contributed by atoms with E-state index in [9.17, 15) is 14.0 Å². The van der Waals surface area contributed by atoms with E-state index < -0.39 is 6.03 Å². The second kappa shape index (κ2) is 7.90. The summed E-state index contributed by atoms with van der Waals surface area (Å²) in [6, 6.07) is 6.86. The lowest BCUT2D eigenvalue weighted by atomic mass is 10.3. The van der Waals surface area contributed by atoms with Crippen LogP contribution >= 0.6 is 27.3 Å². The zero-order valence-corrected chi connectivity index (χ0v) is 13.8. The van der Waals surface area contributed by atoms with Gasteiger partial charge in [0, 0.05) is 20.4 Å². The first-order chi connectivity index (χ1) is 10.5. The van der Waals surface area contributed by atoms with E-state index in [1.807, 2.05) is 11.4 Å². The van der Waals surface area contributed by atoms with Gasteiger partial charge in [0.2, 0.25) is 5.91 Å². The Labute approximate surface area is 139 Å². The summed E-state index contributed by atoms with van der Waals surface area (Å²) >= 11 is 4.85. The molecule has 0 fully saturated rings. The summed E-state index contributed by atoms with van der Waals surface area (Å²) in [6.07, 6.45) is 0. The SMILES string of the molecule is O=C(CNC(=O)NCc1cc(Br)cs1)Nc1ccc(F)cc1. The van der Waals surface area contributed by atoms with E-state index in [-0.39, 0.29) is 18.3 Å². The first kappa shape index (κ1) is 16.4. The van der Waals surface area contributed by atoms with Crippen LogP contribution in [0.2, 0.25) is 0 Å². The highest BCUT2D eigenvalue weighted by Crippen LogP contribution is 2.19. The summed E-state index contributed by atoms with van der Waals surface area (Å²) in [5, 5.41) is 9.57. The molecular weight excluding hydrogens is 373 g/mol. The second-order valence-electron chi connectivity index (χ2n) is 4.32. The molecule has 0 bridgehead atoms. The third kappa shape index (κ3) is 5.45. The average Bonchev–Trinajstić information content (AvgIpc) is 2.91. The molecule has 8 heteroatoms. The van der Waals surface area contributed by atoms with Crippen LogP contribution in [0.3, 0.4) is 0 Å². The van der Waals surface area contributed by atoms with Gasteiger partial charge >= 0.3 is 6.03 Å². The summed E-state index contributed by atoms with van der Waals surface area (Å²) in [5.41, 5.74) is 0.469. The van der Waals surface area contributed by atoms with E-state index >= 15 is 0 Å². The van der Waals surface area contributed by atoms with Gasteiger partial charge in [-0.15, -0.1) is 11.3 Å². The molecule has 0 atom stereocenters. The van der Waals surface area contributed by atoms with Crippen molar-refractivity contribution in [2.24, 2.45) is 0 Å². The topological polar surface area (TPSA) is 70.2 Å². The Morgan fingerprint density at radius 1 is 1.18 bits per heavy atom. The molecule has 1 aromatic carbocycles. The monoisotopic (exact) mass is 385 g/mol. The van der Waals surface area contributed by atoms with Crippen LogP contribution in [0.1, 0.15) is 4.88 Å². The minimum Gasteiger partial charge on any atom is -0.333 e. The Bertz CT molecular complexity index is 660. The van der Waals surface area contributed by atoms with Crippen LogP contribution in [-0.4, -0.2) is 18.5 Å². The van der Waals surface area contributed by atoms with E-state index in [1.54, 1.807) is 0 Å². The van der Waals surface area contributed by atoms with Gasteiger partial charge < -0.3 is 16.0 Å². The van der Waals surface area contributed by atoms with Crippen molar-refractivity contribution in [1.82, 2.24) is 10.6 Å². The van der Waals surface area contributed by atoms with Crippen LogP contribution in [0.5, 0.6) is 0 Å². The highest BCUT2D eigenvalue weighted by atomic mass is 79.9. The highest BCUT2D eigenvalue weighted by molar-refractivity contribution is 9.10. The first-order valence-electron chi connectivity index (χ1n) is 6.33. The number of carbonyl (C=O) groups excluding carboxylic acids is 2. The standard InChI is InChI=1S/C14H13BrFN3O2S/c15-9-5-12(22-8-9)6-17-14(21)18-7-13(20)19-11-3-1-10(16)2-4-11/h1-5,8H,6-7H2,(H,19,20)(H2,17,18,21). The minimum atomic E-state index is -0.432. The number of benzene rings is 1. The molecule has 116 valence electrons. The van der Waals surface area contributed by atoms with Crippen molar-refractivity contribution in [2.75, 3.05) is 11.9 Å².